The number of carbonyl (C=O) groups excluding carboxylic acids is 1. The first kappa shape index (κ1) is 18.1. The van der Waals surface area contributed by atoms with Crippen molar-refractivity contribution in [2.24, 2.45) is 5.10 Å². The van der Waals surface area contributed by atoms with E-state index in [-0.39, 0.29) is 11.4 Å². The van der Waals surface area contributed by atoms with Gasteiger partial charge in [0.25, 0.3) is 5.91 Å². The molecule has 136 valence electrons. The lowest BCUT2D eigenvalue weighted by molar-refractivity contribution is 0.0955. The van der Waals surface area contributed by atoms with E-state index >= 15 is 0 Å². The van der Waals surface area contributed by atoms with Gasteiger partial charge in [-0.1, -0.05) is 6.92 Å². The molecule has 0 bridgehead atoms. The van der Waals surface area contributed by atoms with E-state index in [1.54, 1.807) is 24.5 Å². The van der Waals surface area contributed by atoms with Crippen LogP contribution in [-0.4, -0.2) is 29.7 Å². The Balaban J connectivity index is 1.82. The molecule has 5 nitrogen and oxygen atoms in total. The van der Waals surface area contributed by atoms with Gasteiger partial charge in [-0.05, 0) is 74.1 Å². The van der Waals surface area contributed by atoms with Crippen LogP contribution in [-0.2, 0) is 0 Å². The molecule has 0 saturated carbocycles. The van der Waals surface area contributed by atoms with Crippen LogP contribution in [0.5, 0.6) is 0 Å². The summed E-state index contributed by atoms with van der Waals surface area (Å²) in [5.41, 5.74) is 7.98. The highest BCUT2D eigenvalue weighted by Crippen LogP contribution is 2.43. The highest BCUT2D eigenvalue weighted by Gasteiger charge is 2.34. The molecule has 5 heteroatoms. The molecule has 3 rings (SSSR count). The van der Waals surface area contributed by atoms with E-state index in [2.05, 4.69) is 67.3 Å². The van der Waals surface area contributed by atoms with Crippen LogP contribution in [0, 0.1) is 6.92 Å². The fourth-order valence-corrected chi connectivity index (χ4v) is 3.60. The lowest BCUT2D eigenvalue weighted by Crippen LogP contribution is -2.45. The zero-order valence-electron chi connectivity index (χ0n) is 16.1. The number of hydrogen-bond acceptors (Lipinski definition) is 4. The van der Waals surface area contributed by atoms with Crippen LogP contribution in [0.25, 0.3) is 0 Å². The van der Waals surface area contributed by atoms with Crippen molar-refractivity contribution in [3.63, 3.8) is 0 Å². The number of nitrogens with one attached hydrogen (secondary N) is 1. The van der Waals surface area contributed by atoms with Gasteiger partial charge < -0.3 is 4.90 Å². The SMILES string of the molecule is Cc1cc2c(cc1/C=N\NC(=O)c1cccnc1)[C@H](C)CC(C)(C)N2C. The second-order valence-electron chi connectivity index (χ2n) is 7.69. The minimum atomic E-state index is -0.264. The van der Waals surface area contributed by atoms with E-state index in [1.807, 2.05) is 0 Å². The molecule has 0 saturated heterocycles. The molecule has 1 aromatic heterocycles. The van der Waals surface area contributed by atoms with E-state index in [0.717, 1.165) is 17.5 Å². The predicted octanol–water partition coefficient (Wildman–Crippen LogP) is 3.88. The minimum Gasteiger partial charge on any atom is -0.369 e. The van der Waals surface area contributed by atoms with Crippen molar-refractivity contribution in [2.75, 3.05) is 11.9 Å². The average Bonchev–Trinajstić information content (AvgIpc) is 2.61. The smallest absolute Gasteiger partial charge is 0.272 e. The number of hydrazone groups is 1. The number of pyridine rings is 1. The molecule has 1 N–H and O–H groups in total. The number of nitrogens with zero attached hydrogens (tertiary/aromatic N) is 3. The van der Waals surface area contributed by atoms with Gasteiger partial charge in [-0.15, -0.1) is 0 Å². The van der Waals surface area contributed by atoms with Crippen molar-refractivity contribution in [3.8, 4) is 0 Å². The van der Waals surface area contributed by atoms with Gasteiger partial charge in [0.05, 0.1) is 11.8 Å². The molecule has 1 amide bonds. The molecule has 1 aliphatic rings. The summed E-state index contributed by atoms with van der Waals surface area (Å²) >= 11 is 0. The lowest BCUT2D eigenvalue weighted by Gasteiger charge is -2.45. The zero-order chi connectivity index (χ0) is 18.9. The number of benzene rings is 1. The summed E-state index contributed by atoms with van der Waals surface area (Å²) in [6.45, 7) is 8.91. The van der Waals surface area contributed by atoms with E-state index in [0.29, 0.717) is 11.5 Å². The van der Waals surface area contributed by atoms with Gasteiger partial charge in [-0.2, -0.15) is 5.10 Å². The van der Waals surface area contributed by atoms with Crippen molar-refractivity contribution in [1.29, 1.82) is 0 Å². The van der Waals surface area contributed by atoms with Gasteiger partial charge in [0.2, 0.25) is 0 Å². The van der Waals surface area contributed by atoms with Gasteiger partial charge in [0.1, 0.15) is 0 Å². The Kier molecular flexibility index (Phi) is 4.81. The van der Waals surface area contributed by atoms with Gasteiger partial charge >= 0.3 is 0 Å². The number of anilines is 1. The van der Waals surface area contributed by atoms with Gasteiger partial charge in [-0.3, -0.25) is 9.78 Å². The molecular formula is C21H26N4O. The maximum absolute atomic E-state index is 12.0. The van der Waals surface area contributed by atoms with Crippen molar-refractivity contribution in [2.45, 2.75) is 45.6 Å². The second-order valence-corrected chi connectivity index (χ2v) is 7.69. The number of rotatable bonds is 3. The maximum Gasteiger partial charge on any atom is 0.272 e. The summed E-state index contributed by atoms with van der Waals surface area (Å²) in [5.74, 6) is 0.216. The zero-order valence-corrected chi connectivity index (χ0v) is 16.1. The fourth-order valence-electron chi connectivity index (χ4n) is 3.60. The minimum absolute atomic E-state index is 0.145. The summed E-state index contributed by atoms with van der Waals surface area (Å²) in [6.07, 6.45) is 5.98. The topological polar surface area (TPSA) is 57.6 Å². The summed E-state index contributed by atoms with van der Waals surface area (Å²) < 4.78 is 0. The van der Waals surface area contributed by atoms with Crippen molar-refractivity contribution in [3.05, 3.63) is 58.9 Å². The fraction of sp³-hybridized carbons (Fsp3) is 0.381. The second kappa shape index (κ2) is 6.90. The molecule has 2 heterocycles. The third-order valence-electron chi connectivity index (χ3n) is 5.31. The summed E-state index contributed by atoms with van der Waals surface area (Å²) in [4.78, 5) is 18.4. The Hall–Kier alpha value is -2.69. The van der Waals surface area contributed by atoms with Gasteiger partial charge in [-0.25, -0.2) is 5.43 Å². The largest absolute Gasteiger partial charge is 0.369 e. The average molecular weight is 350 g/mol. The standard InChI is InChI=1S/C21H26N4O/c1-14-9-19-18(15(2)11-21(3,4)25(19)5)10-17(14)13-23-24-20(26)16-7-6-8-22-12-16/h6-10,12-13,15H,11H2,1-5H3,(H,24,26)/b23-13-/t15-/m1/s1. The third-order valence-corrected chi connectivity index (χ3v) is 5.31. The Bertz CT molecular complexity index is 843. The Morgan fingerprint density at radius 1 is 1.42 bits per heavy atom. The number of aryl methyl sites for hydroxylation is 1. The molecule has 2 aromatic rings. The van der Waals surface area contributed by atoms with Crippen LogP contribution in [0.4, 0.5) is 5.69 Å². The number of amides is 1. The first-order chi connectivity index (χ1) is 12.3. The first-order valence-electron chi connectivity index (χ1n) is 8.91. The Morgan fingerprint density at radius 3 is 2.88 bits per heavy atom. The lowest BCUT2D eigenvalue weighted by atomic mass is 9.79. The number of fused-ring (bicyclic) bond motifs is 1. The van der Waals surface area contributed by atoms with Gasteiger partial charge in [0, 0.05) is 30.7 Å². The summed E-state index contributed by atoms with van der Waals surface area (Å²) in [5, 5.41) is 4.13. The monoisotopic (exact) mass is 350 g/mol. The predicted molar refractivity (Wildman–Crippen MR) is 106 cm³/mol. The summed E-state index contributed by atoms with van der Waals surface area (Å²) in [6, 6.07) is 7.85. The number of aromatic nitrogens is 1. The molecule has 0 unspecified atom stereocenters. The first-order valence-corrected chi connectivity index (χ1v) is 8.91. The number of hydrogen-bond donors (Lipinski definition) is 1. The molecule has 0 spiro atoms. The normalized spacial score (nSPS) is 18.7. The van der Waals surface area contributed by atoms with Crippen LogP contribution in [0.15, 0.2) is 41.8 Å². The Morgan fingerprint density at radius 2 is 2.19 bits per heavy atom. The molecule has 0 radical (unpaired) electrons. The summed E-state index contributed by atoms with van der Waals surface area (Å²) in [7, 11) is 2.16. The molecule has 1 aliphatic heterocycles. The van der Waals surface area contributed by atoms with Crippen molar-refractivity contribution >= 4 is 17.8 Å². The Labute approximate surface area is 155 Å². The van der Waals surface area contributed by atoms with Crippen molar-refractivity contribution in [1.82, 2.24) is 10.4 Å². The van der Waals surface area contributed by atoms with Gasteiger partial charge in [0.15, 0.2) is 0 Å². The van der Waals surface area contributed by atoms with Crippen LogP contribution < -0.4 is 10.3 Å². The number of carbonyl (C=O) groups is 1. The molecule has 0 fully saturated rings. The van der Waals surface area contributed by atoms with E-state index in [4.69, 9.17) is 0 Å². The molecule has 26 heavy (non-hydrogen) atoms. The van der Waals surface area contributed by atoms with E-state index in [1.165, 1.54) is 17.4 Å². The molecule has 0 aliphatic carbocycles. The van der Waals surface area contributed by atoms with Crippen LogP contribution in [0.3, 0.4) is 0 Å². The van der Waals surface area contributed by atoms with Crippen LogP contribution >= 0.6 is 0 Å². The van der Waals surface area contributed by atoms with Crippen molar-refractivity contribution < 1.29 is 4.79 Å². The molecule has 1 aromatic carbocycles. The maximum atomic E-state index is 12.0. The third kappa shape index (κ3) is 3.47. The van der Waals surface area contributed by atoms with Crippen LogP contribution in [0.2, 0.25) is 0 Å². The molecular weight excluding hydrogens is 324 g/mol. The quantitative estimate of drug-likeness (QED) is 0.675. The van der Waals surface area contributed by atoms with Crippen LogP contribution in [0.1, 0.15) is 60.2 Å². The van der Waals surface area contributed by atoms with E-state index in [9.17, 15) is 4.79 Å². The highest BCUT2D eigenvalue weighted by molar-refractivity contribution is 5.94. The molecule has 1 atom stereocenters. The highest BCUT2D eigenvalue weighted by atomic mass is 16.2. The van der Waals surface area contributed by atoms with E-state index < -0.39 is 0 Å².